The van der Waals surface area contributed by atoms with E-state index in [-0.39, 0.29) is 0 Å². The molecule has 0 aliphatic heterocycles. The molecule has 0 N–H and O–H groups in total. The highest BCUT2D eigenvalue weighted by Gasteiger charge is 2.51. The van der Waals surface area contributed by atoms with E-state index in [4.69, 9.17) is 0 Å². The Hall–Kier alpha value is -1.81. The molecule has 0 aromatic heterocycles. The number of fused-ring (bicyclic) bond motifs is 2. The van der Waals surface area contributed by atoms with Gasteiger partial charge in [-0.25, -0.2) is 0 Å². The van der Waals surface area contributed by atoms with E-state index in [1.165, 1.54) is 81.8 Å². The summed E-state index contributed by atoms with van der Waals surface area (Å²) >= 11 is 0. The van der Waals surface area contributed by atoms with E-state index in [2.05, 4.69) is 56.9 Å². The van der Waals surface area contributed by atoms with E-state index >= 15 is 0 Å². The van der Waals surface area contributed by atoms with Crippen LogP contribution < -0.4 is 0 Å². The van der Waals surface area contributed by atoms with Gasteiger partial charge < -0.3 is 0 Å². The molecule has 3 saturated carbocycles. The normalized spacial score (nSPS) is 44.5. The topological polar surface area (TPSA) is 23.8 Å². The van der Waals surface area contributed by atoms with Crippen LogP contribution in [0.1, 0.15) is 84.5 Å². The maximum atomic E-state index is 9.92. The molecule has 1 nitrogen and oxygen atoms in total. The van der Waals surface area contributed by atoms with E-state index in [0.29, 0.717) is 35.5 Å². The Morgan fingerprint density at radius 3 is 2.63 bits per heavy atom. The van der Waals surface area contributed by atoms with Crippen LogP contribution in [0.25, 0.3) is 0 Å². The Kier molecular flexibility index (Phi) is 6.45. The zero-order valence-corrected chi connectivity index (χ0v) is 22.1. The van der Waals surface area contributed by atoms with Crippen molar-refractivity contribution in [2.24, 2.45) is 59.2 Å². The zero-order chi connectivity index (χ0) is 24.1. The highest BCUT2D eigenvalue weighted by atomic mass is 14.6. The van der Waals surface area contributed by atoms with Gasteiger partial charge >= 0.3 is 0 Å². The van der Waals surface area contributed by atoms with Gasteiger partial charge in [0.2, 0.25) is 0 Å². The van der Waals surface area contributed by atoms with Gasteiger partial charge in [0.25, 0.3) is 0 Å². The summed E-state index contributed by atoms with van der Waals surface area (Å²) in [5.74, 6) is 6.76. The molecule has 186 valence electrons. The highest BCUT2D eigenvalue weighted by Crippen LogP contribution is 2.59. The summed E-state index contributed by atoms with van der Waals surface area (Å²) in [6.07, 6.45) is 26.9. The first-order valence-electron chi connectivity index (χ1n) is 14.9. The summed E-state index contributed by atoms with van der Waals surface area (Å²) in [5, 5.41) is 9.92. The lowest BCUT2D eigenvalue weighted by Crippen LogP contribution is -2.27. The van der Waals surface area contributed by atoms with Crippen molar-refractivity contribution in [3.8, 4) is 6.07 Å². The molecule has 3 fully saturated rings. The fourth-order valence-corrected chi connectivity index (χ4v) is 8.77. The summed E-state index contributed by atoms with van der Waals surface area (Å²) in [6, 6.07) is 2.75. The second-order valence-electron chi connectivity index (χ2n) is 13.3. The maximum absolute atomic E-state index is 9.92. The Morgan fingerprint density at radius 2 is 1.89 bits per heavy atom. The van der Waals surface area contributed by atoms with E-state index in [1.54, 1.807) is 11.1 Å². The molecule has 0 radical (unpaired) electrons. The predicted octanol–water partition coefficient (Wildman–Crippen LogP) is 8.98. The molecule has 1 heteroatoms. The molecule has 6 rings (SSSR count). The molecular formula is C34H45N. The van der Waals surface area contributed by atoms with Crippen molar-refractivity contribution >= 4 is 0 Å². The summed E-state index contributed by atoms with van der Waals surface area (Å²) < 4.78 is 0. The van der Waals surface area contributed by atoms with Crippen molar-refractivity contribution in [2.45, 2.75) is 84.5 Å². The average molecular weight is 468 g/mol. The molecule has 6 aliphatic rings. The van der Waals surface area contributed by atoms with Crippen molar-refractivity contribution in [3.05, 3.63) is 59.3 Å². The lowest BCUT2D eigenvalue weighted by atomic mass is 9.69. The third-order valence-corrected chi connectivity index (χ3v) is 11.1. The van der Waals surface area contributed by atoms with E-state index in [1.807, 2.05) is 0 Å². The molecule has 6 aliphatic carbocycles. The van der Waals surface area contributed by atoms with Gasteiger partial charge in [-0.05, 0) is 135 Å². The van der Waals surface area contributed by atoms with Crippen molar-refractivity contribution in [2.75, 3.05) is 0 Å². The maximum Gasteiger partial charge on any atom is 0.0661 e. The SMILES string of the molecule is C=C1C(C)C2=CCC(CC3C=CC(C4=CCC(C)CC4)=CC3)C[C@@H]2C1CC1CCC2CC2C1C#N. The lowest BCUT2D eigenvalue weighted by Gasteiger charge is -2.35. The molecule has 0 aromatic carbocycles. The first-order chi connectivity index (χ1) is 17.0. The molecule has 0 bridgehead atoms. The monoisotopic (exact) mass is 467 g/mol. The summed E-state index contributed by atoms with van der Waals surface area (Å²) in [6.45, 7) is 9.42. The minimum atomic E-state index is 0.320. The molecule has 9 unspecified atom stereocenters. The molecule has 0 saturated heterocycles. The molecule has 35 heavy (non-hydrogen) atoms. The first-order valence-corrected chi connectivity index (χ1v) is 14.9. The molecule has 0 spiro atoms. The van der Waals surface area contributed by atoms with Crippen LogP contribution in [0.2, 0.25) is 0 Å². The summed E-state index contributed by atoms with van der Waals surface area (Å²) in [7, 11) is 0. The van der Waals surface area contributed by atoms with Gasteiger partial charge in [0, 0.05) is 0 Å². The Bertz CT molecular complexity index is 1010. The second-order valence-corrected chi connectivity index (χ2v) is 13.3. The van der Waals surface area contributed by atoms with Gasteiger partial charge in [0.1, 0.15) is 0 Å². The van der Waals surface area contributed by atoms with Gasteiger partial charge in [-0.1, -0.05) is 62.0 Å². The van der Waals surface area contributed by atoms with Crippen molar-refractivity contribution in [3.63, 3.8) is 0 Å². The van der Waals surface area contributed by atoms with E-state index in [9.17, 15) is 5.26 Å². The van der Waals surface area contributed by atoms with Crippen LogP contribution in [0.5, 0.6) is 0 Å². The fraction of sp³-hybridized carbons (Fsp3) is 0.676. The second kappa shape index (κ2) is 9.57. The van der Waals surface area contributed by atoms with E-state index in [0.717, 1.165) is 23.7 Å². The lowest BCUT2D eigenvalue weighted by molar-refractivity contribution is 0.207. The minimum absolute atomic E-state index is 0.320. The highest BCUT2D eigenvalue weighted by molar-refractivity contribution is 5.42. The third kappa shape index (κ3) is 4.56. The summed E-state index contributed by atoms with van der Waals surface area (Å²) in [5.41, 5.74) is 6.29. The number of nitriles is 1. The van der Waals surface area contributed by atoms with Crippen LogP contribution >= 0.6 is 0 Å². The van der Waals surface area contributed by atoms with Gasteiger partial charge in [0.15, 0.2) is 0 Å². The van der Waals surface area contributed by atoms with Gasteiger partial charge in [-0.3, -0.25) is 0 Å². The average Bonchev–Trinajstić information content (AvgIpc) is 3.63. The number of nitrogens with zero attached hydrogens (tertiary/aromatic N) is 1. The zero-order valence-electron chi connectivity index (χ0n) is 22.1. The summed E-state index contributed by atoms with van der Waals surface area (Å²) in [4.78, 5) is 0. The molecule has 10 atom stereocenters. The van der Waals surface area contributed by atoms with Crippen LogP contribution in [0.3, 0.4) is 0 Å². The molecule has 0 amide bonds. The predicted molar refractivity (Wildman–Crippen MR) is 145 cm³/mol. The Labute approximate surface area is 214 Å². The quantitative estimate of drug-likeness (QED) is 0.370. The Balaban J connectivity index is 1.09. The molecular weight excluding hydrogens is 422 g/mol. The number of allylic oxidation sites excluding steroid dienone is 9. The van der Waals surface area contributed by atoms with Crippen LogP contribution in [0.4, 0.5) is 0 Å². The number of hydrogen-bond acceptors (Lipinski definition) is 1. The van der Waals surface area contributed by atoms with Crippen molar-refractivity contribution in [1.82, 2.24) is 0 Å². The third-order valence-electron chi connectivity index (χ3n) is 11.1. The largest absolute Gasteiger partial charge is 0.198 e. The smallest absolute Gasteiger partial charge is 0.0661 e. The van der Waals surface area contributed by atoms with Gasteiger partial charge in [-0.15, -0.1) is 0 Å². The molecule has 0 aromatic rings. The number of hydrogen-bond donors (Lipinski definition) is 0. The molecule has 0 heterocycles. The van der Waals surface area contributed by atoms with Crippen LogP contribution in [-0.4, -0.2) is 0 Å². The standard InChI is InChI=1S/C34H45N/c1-21-4-9-26(10-5-21)27-11-6-24(7-12-27)16-25-8-15-30-22(2)23(3)31(33(30)17-25)18-29-14-13-28-19-32(28)34(29)20-35/h6,9,11-12,15,21-22,24-25,28-29,31-34H,3-5,7-8,10,13-14,16-19H2,1-2H3/t21?,22?,24?,25?,28?,29?,31?,32?,33-,34?/m0/s1. The first kappa shape index (κ1) is 23.6. The van der Waals surface area contributed by atoms with Gasteiger partial charge in [-0.2, -0.15) is 5.26 Å². The van der Waals surface area contributed by atoms with Gasteiger partial charge in [0.05, 0.1) is 12.0 Å². The number of rotatable bonds is 5. The van der Waals surface area contributed by atoms with Crippen molar-refractivity contribution < 1.29 is 0 Å². The van der Waals surface area contributed by atoms with Crippen LogP contribution in [-0.2, 0) is 0 Å². The van der Waals surface area contributed by atoms with E-state index < -0.39 is 0 Å². The fourth-order valence-electron chi connectivity index (χ4n) is 8.77. The Morgan fingerprint density at radius 1 is 1.00 bits per heavy atom. The minimum Gasteiger partial charge on any atom is -0.198 e. The van der Waals surface area contributed by atoms with Crippen LogP contribution in [0, 0.1) is 70.5 Å². The van der Waals surface area contributed by atoms with Crippen LogP contribution in [0.15, 0.2) is 59.3 Å². The van der Waals surface area contributed by atoms with Crippen molar-refractivity contribution in [1.29, 1.82) is 5.26 Å².